The molecule has 1 aliphatic heterocycles. The maximum Gasteiger partial charge on any atom is 0.230 e. The molecule has 1 N–H and O–H groups in total. The van der Waals surface area contributed by atoms with Gasteiger partial charge in [-0.05, 0) is 24.1 Å². The number of amides is 1. The highest BCUT2D eigenvalue weighted by Gasteiger charge is 2.28. The Kier molecular flexibility index (Phi) is 6.83. The smallest absolute Gasteiger partial charge is 0.230 e. The molecule has 2 rings (SSSR count). The van der Waals surface area contributed by atoms with E-state index in [1.165, 1.54) is 33.1 Å². The number of thioether (sulfide) groups is 1. The summed E-state index contributed by atoms with van der Waals surface area (Å²) in [7, 11) is 1.68. The summed E-state index contributed by atoms with van der Waals surface area (Å²) in [6, 6.07) is 3.55. The Bertz CT molecular complexity index is 694. The van der Waals surface area contributed by atoms with Crippen molar-refractivity contribution < 1.29 is 27.4 Å². The Balaban J connectivity index is 1.89. The van der Waals surface area contributed by atoms with Crippen LogP contribution in [-0.4, -0.2) is 58.2 Å². The molecule has 0 bridgehead atoms. The van der Waals surface area contributed by atoms with Crippen molar-refractivity contribution in [1.29, 1.82) is 0 Å². The lowest BCUT2D eigenvalue weighted by molar-refractivity contribution is -0.118. The molecular weight excluding hydrogens is 366 g/mol. The van der Waals surface area contributed by atoms with E-state index in [-0.39, 0.29) is 28.4 Å². The molecule has 0 radical (unpaired) electrons. The van der Waals surface area contributed by atoms with Gasteiger partial charge >= 0.3 is 0 Å². The van der Waals surface area contributed by atoms with Crippen LogP contribution < -0.4 is 19.5 Å². The van der Waals surface area contributed by atoms with Gasteiger partial charge in [-0.1, -0.05) is 0 Å². The van der Waals surface area contributed by atoms with Crippen LogP contribution in [0.1, 0.15) is 12.0 Å². The molecule has 0 unspecified atom stereocenters. The Labute approximate surface area is 152 Å². The van der Waals surface area contributed by atoms with Gasteiger partial charge in [0.1, 0.15) is 0 Å². The molecule has 0 saturated carbocycles. The predicted octanol–water partition coefficient (Wildman–Crippen LogP) is 1.25. The lowest BCUT2D eigenvalue weighted by atomic mass is 10.2. The topological polar surface area (TPSA) is 90.9 Å². The molecule has 1 fully saturated rings. The zero-order valence-corrected chi connectivity index (χ0v) is 16.2. The number of ether oxygens (including phenoxy) is 3. The van der Waals surface area contributed by atoms with Gasteiger partial charge < -0.3 is 19.5 Å². The summed E-state index contributed by atoms with van der Waals surface area (Å²) in [5, 5.41) is 2.83. The minimum Gasteiger partial charge on any atom is -0.493 e. The number of sulfone groups is 1. The molecular formula is C16H23NO6S2. The summed E-state index contributed by atoms with van der Waals surface area (Å²) < 4.78 is 38.7. The van der Waals surface area contributed by atoms with Crippen LogP contribution in [0.5, 0.6) is 17.2 Å². The fraction of sp³-hybridized carbons (Fsp3) is 0.562. The first kappa shape index (κ1) is 19.7. The van der Waals surface area contributed by atoms with Gasteiger partial charge in [-0.25, -0.2) is 8.42 Å². The number of nitrogens with one attached hydrogen (secondary N) is 1. The zero-order valence-electron chi connectivity index (χ0n) is 14.5. The number of rotatable bonds is 8. The summed E-state index contributed by atoms with van der Waals surface area (Å²) in [5.41, 5.74) is 0.816. The van der Waals surface area contributed by atoms with Crippen molar-refractivity contribution in [2.45, 2.75) is 18.2 Å². The van der Waals surface area contributed by atoms with E-state index >= 15 is 0 Å². The van der Waals surface area contributed by atoms with Crippen molar-refractivity contribution in [3.8, 4) is 17.2 Å². The number of hydrogen-bond acceptors (Lipinski definition) is 7. The van der Waals surface area contributed by atoms with Crippen LogP contribution >= 0.6 is 11.8 Å². The molecule has 9 heteroatoms. The Morgan fingerprint density at radius 2 is 1.84 bits per heavy atom. The third-order valence-electron chi connectivity index (χ3n) is 3.85. The van der Waals surface area contributed by atoms with Crippen molar-refractivity contribution in [1.82, 2.24) is 5.32 Å². The molecule has 0 aromatic heterocycles. The minimum absolute atomic E-state index is 0.0110. The van der Waals surface area contributed by atoms with Gasteiger partial charge in [0.15, 0.2) is 21.3 Å². The molecule has 0 spiro atoms. The van der Waals surface area contributed by atoms with Crippen LogP contribution in [0.25, 0.3) is 0 Å². The van der Waals surface area contributed by atoms with Gasteiger partial charge in [0.2, 0.25) is 11.7 Å². The van der Waals surface area contributed by atoms with Crippen LogP contribution in [0.2, 0.25) is 0 Å². The number of carbonyl (C=O) groups excluding carboxylic acids is 1. The summed E-state index contributed by atoms with van der Waals surface area (Å²) in [6.45, 7) is 0.319. The maximum atomic E-state index is 12.0. The Hall–Kier alpha value is -1.61. The van der Waals surface area contributed by atoms with Crippen molar-refractivity contribution in [3.05, 3.63) is 17.7 Å². The van der Waals surface area contributed by atoms with Crippen molar-refractivity contribution >= 4 is 27.5 Å². The van der Waals surface area contributed by atoms with Crippen molar-refractivity contribution in [2.75, 3.05) is 38.6 Å². The van der Waals surface area contributed by atoms with Gasteiger partial charge in [-0.2, -0.15) is 0 Å². The van der Waals surface area contributed by atoms with Gasteiger partial charge in [0.25, 0.3) is 0 Å². The summed E-state index contributed by atoms with van der Waals surface area (Å²) >= 11 is 1.39. The monoisotopic (exact) mass is 389 g/mol. The average Bonchev–Trinajstić information content (AvgIpc) is 2.95. The van der Waals surface area contributed by atoms with E-state index in [0.29, 0.717) is 30.2 Å². The van der Waals surface area contributed by atoms with Crippen LogP contribution in [0.4, 0.5) is 0 Å². The SMILES string of the molecule is COc1cc(CNC(=O)CS[C@H]2CCS(=O)(=O)C2)cc(OC)c1OC. The number of methoxy groups -OCH3 is 3. The second-order valence-corrected chi connectivity index (χ2v) is 9.16. The van der Waals surface area contributed by atoms with Gasteiger partial charge in [0.05, 0.1) is 38.6 Å². The van der Waals surface area contributed by atoms with Crippen LogP contribution in [-0.2, 0) is 21.2 Å². The molecule has 25 heavy (non-hydrogen) atoms. The minimum atomic E-state index is -2.91. The maximum absolute atomic E-state index is 12.0. The Morgan fingerprint density at radius 3 is 2.32 bits per heavy atom. The molecule has 1 aromatic rings. The van der Waals surface area contributed by atoms with E-state index in [0.717, 1.165) is 5.56 Å². The van der Waals surface area contributed by atoms with E-state index in [1.54, 1.807) is 12.1 Å². The van der Waals surface area contributed by atoms with Crippen molar-refractivity contribution in [2.24, 2.45) is 0 Å². The number of hydrogen-bond donors (Lipinski definition) is 1. The highest BCUT2D eigenvalue weighted by Crippen LogP contribution is 2.38. The molecule has 1 aliphatic rings. The Morgan fingerprint density at radius 1 is 1.20 bits per heavy atom. The van der Waals surface area contributed by atoms with E-state index in [4.69, 9.17) is 14.2 Å². The molecule has 1 saturated heterocycles. The molecule has 0 aliphatic carbocycles. The summed E-state index contributed by atoms with van der Waals surface area (Å²) in [5.74, 6) is 2.04. The molecule has 1 heterocycles. The summed E-state index contributed by atoms with van der Waals surface area (Å²) in [4.78, 5) is 12.0. The number of benzene rings is 1. The fourth-order valence-corrected chi connectivity index (χ4v) is 6.05. The fourth-order valence-electron chi connectivity index (χ4n) is 2.58. The van der Waals surface area contributed by atoms with Crippen LogP contribution in [0, 0.1) is 0 Å². The quantitative estimate of drug-likeness (QED) is 0.715. The largest absolute Gasteiger partial charge is 0.493 e. The number of carbonyl (C=O) groups is 1. The zero-order chi connectivity index (χ0) is 18.4. The third-order valence-corrected chi connectivity index (χ3v) is 7.14. The first-order valence-corrected chi connectivity index (χ1v) is 10.6. The average molecular weight is 389 g/mol. The lowest BCUT2D eigenvalue weighted by Gasteiger charge is -2.14. The normalized spacial score (nSPS) is 18.6. The van der Waals surface area contributed by atoms with Crippen LogP contribution in [0.15, 0.2) is 12.1 Å². The van der Waals surface area contributed by atoms with Gasteiger partial charge in [-0.15, -0.1) is 11.8 Å². The second-order valence-electron chi connectivity index (χ2n) is 5.65. The van der Waals surface area contributed by atoms with E-state index in [9.17, 15) is 13.2 Å². The van der Waals surface area contributed by atoms with E-state index < -0.39 is 9.84 Å². The highest BCUT2D eigenvalue weighted by atomic mass is 32.2. The summed E-state index contributed by atoms with van der Waals surface area (Å²) in [6.07, 6.45) is 0.618. The van der Waals surface area contributed by atoms with Gasteiger partial charge in [-0.3, -0.25) is 4.79 Å². The molecule has 7 nitrogen and oxygen atoms in total. The lowest BCUT2D eigenvalue weighted by Crippen LogP contribution is -2.25. The van der Waals surface area contributed by atoms with Crippen LogP contribution in [0.3, 0.4) is 0 Å². The first-order valence-electron chi connectivity index (χ1n) is 7.76. The highest BCUT2D eigenvalue weighted by molar-refractivity contribution is 8.02. The molecule has 1 aromatic carbocycles. The third kappa shape index (κ3) is 5.43. The molecule has 1 amide bonds. The first-order chi connectivity index (χ1) is 11.9. The molecule has 140 valence electrons. The standard InChI is InChI=1S/C16H23NO6S2/c1-21-13-6-11(7-14(22-2)16(13)23-3)8-17-15(18)9-24-12-4-5-25(19,20)10-12/h6-7,12H,4-5,8-10H2,1-3H3,(H,17,18)/t12-/m0/s1. The molecule has 1 atom stereocenters. The van der Waals surface area contributed by atoms with Crippen molar-refractivity contribution in [3.63, 3.8) is 0 Å². The van der Waals surface area contributed by atoms with Gasteiger partial charge in [0, 0.05) is 11.8 Å². The predicted molar refractivity (Wildman–Crippen MR) is 97.5 cm³/mol. The van der Waals surface area contributed by atoms with E-state index in [2.05, 4.69) is 5.32 Å². The van der Waals surface area contributed by atoms with E-state index in [1.807, 2.05) is 0 Å². The second kappa shape index (κ2) is 8.66.